The molecule has 0 unspecified atom stereocenters. The van der Waals surface area contributed by atoms with Crippen molar-refractivity contribution in [3.05, 3.63) is 24.4 Å². The lowest BCUT2D eigenvalue weighted by Crippen LogP contribution is -2.36. The highest BCUT2D eigenvalue weighted by Crippen LogP contribution is 2.18. The summed E-state index contributed by atoms with van der Waals surface area (Å²) in [5.41, 5.74) is 1.08. The van der Waals surface area contributed by atoms with Crippen molar-refractivity contribution >= 4 is 11.3 Å². The topological polar surface area (TPSA) is 42.7 Å². The standard InChI is InChI=1S/C10H11FN4O/c11-9-5-8(14-1-3-16-4-2-14)6-15-10(9)12-7-13-15/h5-7H,1-4H2. The summed E-state index contributed by atoms with van der Waals surface area (Å²) in [4.78, 5) is 5.92. The van der Waals surface area contributed by atoms with Crippen molar-refractivity contribution in [2.75, 3.05) is 31.2 Å². The number of pyridine rings is 1. The smallest absolute Gasteiger partial charge is 0.191 e. The molecule has 0 N–H and O–H groups in total. The van der Waals surface area contributed by atoms with E-state index in [0.29, 0.717) is 13.2 Å². The lowest BCUT2D eigenvalue weighted by Gasteiger charge is -2.28. The number of hydrogen-bond acceptors (Lipinski definition) is 4. The van der Waals surface area contributed by atoms with Crippen LogP contribution in [0.5, 0.6) is 0 Å². The summed E-state index contributed by atoms with van der Waals surface area (Å²) >= 11 is 0. The molecule has 0 spiro atoms. The first-order valence-electron chi connectivity index (χ1n) is 5.16. The van der Waals surface area contributed by atoms with Crippen LogP contribution < -0.4 is 4.90 Å². The Hall–Kier alpha value is -1.69. The summed E-state index contributed by atoms with van der Waals surface area (Å²) in [7, 11) is 0. The van der Waals surface area contributed by atoms with Gasteiger partial charge in [0, 0.05) is 19.2 Å². The van der Waals surface area contributed by atoms with Gasteiger partial charge in [-0.2, -0.15) is 5.10 Å². The lowest BCUT2D eigenvalue weighted by molar-refractivity contribution is 0.122. The number of nitrogens with zero attached hydrogens (tertiary/aromatic N) is 4. The van der Waals surface area contributed by atoms with Gasteiger partial charge in [0.2, 0.25) is 0 Å². The molecule has 0 bridgehead atoms. The minimum Gasteiger partial charge on any atom is -0.378 e. The van der Waals surface area contributed by atoms with Crippen molar-refractivity contribution in [2.24, 2.45) is 0 Å². The molecule has 0 atom stereocenters. The molecule has 0 amide bonds. The fraction of sp³-hybridized carbons (Fsp3) is 0.400. The second-order valence-corrected chi connectivity index (χ2v) is 3.67. The minimum absolute atomic E-state index is 0.261. The van der Waals surface area contributed by atoms with Crippen LogP contribution in [0, 0.1) is 5.82 Å². The van der Waals surface area contributed by atoms with Crippen LogP contribution in [0.3, 0.4) is 0 Å². The van der Waals surface area contributed by atoms with Gasteiger partial charge in [0.05, 0.1) is 25.1 Å². The number of aromatic nitrogens is 3. The molecule has 1 saturated heterocycles. The van der Waals surface area contributed by atoms with Gasteiger partial charge in [-0.15, -0.1) is 0 Å². The number of ether oxygens (including phenoxy) is 1. The summed E-state index contributed by atoms with van der Waals surface area (Å²) in [6.07, 6.45) is 3.14. The van der Waals surface area contributed by atoms with E-state index in [-0.39, 0.29) is 11.5 Å². The summed E-state index contributed by atoms with van der Waals surface area (Å²) in [5, 5.41) is 3.94. The minimum atomic E-state index is -0.346. The van der Waals surface area contributed by atoms with Crippen LogP contribution in [-0.4, -0.2) is 40.9 Å². The molecular weight excluding hydrogens is 211 g/mol. The lowest BCUT2D eigenvalue weighted by atomic mass is 10.3. The number of morpholine rings is 1. The Balaban J connectivity index is 2.02. The van der Waals surface area contributed by atoms with Crippen LogP contribution in [0.4, 0.5) is 10.1 Å². The first-order chi connectivity index (χ1) is 7.84. The van der Waals surface area contributed by atoms with E-state index in [9.17, 15) is 4.39 Å². The van der Waals surface area contributed by atoms with Gasteiger partial charge in [0.1, 0.15) is 6.33 Å². The Bertz CT molecular complexity index is 506. The van der Waals surface area contributed by atoms with E-state index in [0.717, 1.165) is 18.8 Å². The van der Waals surface area contributed by atoms with Crippen molar-refractivity contribution in [3.63, 3.8) is 0 Å². The van der Waals surface area contributed by atoms with Gasteiger partial charge in [0.15, 0.2) is 11.5 Å². The normalized spacial score (nSPS) is 16.9. The predicted molar refractivity (Wildman–Crippen MR) is 56.0 cm³/mol. The second kappa shape index (κ2) is 3.71. The van der Waals surface area contributed by atoms with Gasteiger partial charge in [-0.05, 0) is 0 Å². The Kier molecular flexibility index (Phi) is 2.21. The van der Waals surface area contributed by atoms with E-state index in [2.05, 4.69) is 15.0 Å². The monoisotopic (exact) mass is 222 g/mol. The largest absolute Gasteiger partial charge is 0.378 e. The third kappa shape index (κ3) is 1.51. The van der Waals surface area contributed by atoms with Gasteiger partial charge < -0.3 is 9.64 Å². The molecule has 16 heavy (non-hydrogen) atoms. The zero-order valence-electron chi connectivity index (χ0n) is 8.64. The summed E-state index contributed by atoms with van der Waals surface area (Å²) in [5.74, 6) is -0.346. The molecule has 0 aromatic carbocycles. The predicted octanol–water partition coefficient (Wildman–Crippen LogP) is 0.705. The molecule has 1 aliphatic rings. The fourth-order valence-corrected chi connectivity index (χ4v) is 1.87. The molecule has 84 valence electrons. The van der Waals surface area contributed by atoms with E-state index in [1.807, 2.05) is 0 Å². The maximum absolute atomic E-state index is 13.7. The average Bonchev–Trinajstić information content (AvgIpc) is 2.79. The highest BCUT2D eigenvalue weighted by Gasteiger charge is 2.14. The average molecular weight is 222 g/mol. The molecular formula is C10H11FN4O. The Morgan fingerprint density at radius 3 is 2.94 bits per heavy atom. The first kappa shape index (κ1) is 9.53. The molecule has 2 aromatic heterocycles. The molecule has 3 heterocycles. The van der Waals surface area contributed by atoms with E-state index >= 15 is 0 Å². The van der Waals surface area contributed by atoms with Gasteiger partial charge >= 0.3 is 0 Å². The van der Waals surface area contributed by atoms with Gasteiger partial charge in [-0.3, -0.25) is 0 Å². The van der Waals surface area contributed by atoms with E-state index in [1.165, 1.54) is 16.9 Å². The molecule has 0 radical (unpaired) electrons. The zero-order valence-corrected chi connectivity index (χ0v) is 8.64. The van der Waals surface area contributed by atoms with Crippen molar-refractivity contribution < 1.29 is 9.13 Å². The molecule has 1 aliphatic heterocycles. The molecule has 5 nitrogen and oxygen atoms in total. The number of fused-ring (bicyclic) bond motifs is 1. The van der Waals surface area contributed by atoms with Crippen LogP contribution in [0.25, 0.3) is 5.65 Å². The Morgan fingerprint density at radius 2 is 2.12 bits per heavy atom. The third-order valence-electron chi connectivity index (χ3n) is 2.69. The van der Waals surface area contributed by atoms with E-state index < -0.39 is 0 Å². The molecule has 6 heteroatoms. The third-order valence-corrected chi connectivity index (χ3v) is 2.69. The number of anilines is 1. The van der Waals surface area contributed by atoms with Crippen molar-refractivity contribution in [2.45, 2.75) is 0 Å². The van der Waals surface area contributed by atoms with Crippen LogP contribution in [0.15, 0.2) is 18.6 Å². The van der Waals surface area contributed by atoms with Crippen molar-refractivity contribution in [1.82, 2.24) is 14.6 Å². The fourth-order valence-electron chi connectivity index (χ4n) is 1.87. The van der Waals surface area contributed by atoms with Crippen LogP contribution in [0.1, 0.15) is 0 Å². The summed E-state index contributed by atoms with van der Waals surface area (Å²) in [6.45, 7) is 2.91. The zero-order chi connectivity index (χ0) is 11.0. The number of hydrogen-bond donors (Lipinski definition) is 0. The number of halogens is 1. The SMILES string of the molecule is Fc1cc(N2CCOCC2)cn2ncnc12. The summed E-state index contributed by atoms with van der Waals surface area (Å²) < 4.78 is 20.4. The van der Waals surface area contributed by atoms with Crippen molar-refractivity contribution in [3.8, 4) is 0 Å². The first-order valence-corrected chi connectivity index (χ1v) is 5.16. The molecule has 0 saturated carbocycles. The second-order valence-electron chi connectivity index (χ2n) is 3.67. The van der Waals surface area contributed by atoms with E-state index in [4.69, 9.17) is 4.74 Å². The maximum Gasteiger partial charge on any atom is 0.191 e. The molecule has 0 aliphatic carbocycles. The van der Waals surface area contributed by atoms with E-state index in [1.54, 1.807) is 6.20 Å². The van der Waals surface area contributed by atoms with Gasteiger partial charge in [-0.1, -0.05) is 0 Å². The Morgan fingerprint density at radius 1 is 1.31 bits per heavy atom. The summed E-state index contributed by atoms with van der Waals surface area (Å²) in [6, 6.07) is 1.50. The van der Waals surface area contributed by atoms with Crippen molar-refractivity contribution in [1.29, 1.82) is 0 Å². The maximum atomic E-state index is 13.7. The molecule has 1 fully saturated rings. The highest BCUT2D eigenvalue weighted by atomic mass is 19.1. The quantitative estimate of drug-likeness (QED) is 0.712. The molecule has 2 aromatic rings. The number of rotatable bonds is 1. The highest BCUT2D eigenvalue weighted by molar-refractivity contribution is 5.52. The van der Waals surface area contributed by atoms with Gasteiger partial charge in [-0.25, -0.2) is 13.9 Å². The van der Waals surface area contributed by atoms with Crippen LogP contribution >= 0.6 is 0 Å². The molecule has 3 rings (SSSR count). The van der Waals surface area contributed by atoms with Gasteiger partial charge in [0.25, 0.3) is 0 Å². The van der Waals surface area contributed by atoms with Crippen LogP contribution in [0.2, 0.25) is 0 Å². The van der Waals surface area contributed by atoms with Crippen LogP contribution in [-0.2, 0) is 4.74 Å². The Labute approximate surface area is 91.5 Å².